The van der Waals surface area contributed by atoms with Gasteiger partial charge in [-0.25, -0.2) is 0 Å². The highest BCUT2D eigenvalue weighted by Gasteiger charge is 2.24. The van der Waals surface area contributed by atoms with Crippen LogP contribution in [0.3, 0.4) is 0 Å². The molecule has 1 atom stereocenters. The number of carboxylic acid groups (broad SMARTS) is 1. The number of carbonyl (C=O) groups is 1. The lowest BCUT2D eigenvalue weighted by molar-refractivity contribution is -0.133. The lowest BCUT2D eigenvalue weighted by atomic mass is 10.2. The van der Waals surface area contributed by atoms with E-state index in [1.54, 1.807) is 0 Å². The summed E-state index contributed by atoms with van der Waals surface area (Å²) in [5, 5.41) is 17.7. The molecule has 2 heterocycles. The molecule has 1 aromatic rings. The Morgan fingerprint density at radius 3 is 3.00 bits per heavy atom. The number of carboxylic acids is 1. The lowest BCUT2D eigenvalue weighted by Crippen LogP contribution is -2.50. The van der Waals surface area contributed by atoms with Crippen molar-refractivity contribution in [2.75, 3.05) is 37.3 Å². The minimum atomic E-state index is -0.829. The molecule has 8 heteroatoms. The maximum atomic E-state index is 10.5. The Hall–Kier alpha value is -0.860. The molecule has 0 bridgehead atoms. The minimum Gasteiger partial charge on any atom is -0.481 e. The van der Waals surface area contributed by atoms with Gasteiger partial charge in [0.2, 0.25) is 5.13 Å². The fourth-order valence-corrected chi connectivity index (χ4v) is 3.61. The summed E-state index contributed by atoms with van der Waals surface area (Å²) < 4.78 is 0.721. The summed E-state index contributed by atoms with van der Waals surface area (Å²) in [6, 6.07) is 0.411. The Morgan fingerprint density at radius 2 is 2.33 bits per heavy atom. The zero-order valence-corrected chi connectivity index (χ0v) is 12.0. The van der Waals surface area contributed by atoms with Crippen molar-refractivity contribution in [1.29, 1.82) is 0 Å². The first kappa shape index (κ1) is 13.6. The van der Waals surface area contributed by atoms with Crippen molar-refractivity contribution in [1.82, 2.24) is 15.1 Å². The molecular formula is C10H16N4O2S2. The van der Waals surface area contributed by atoms with Crippen molar-refractivity contribution in [3.63, 3.8) is 0 Å². The molecule has 1 saturated heterocycles. The zero-order chi connectivity index (χ0) is 13.1. The first-order valence-corrected chi connectivity index (χ1v) is 7.49. The summed E-state index contributed by atoms with van der Waals surface area (Å²) in [4.78, 5) is 15.0. The van der Waals surface area contributed by atoms with Crippen LogP contribution in [0.15, 0.2) is 4.34 Å². The van der Waals surface area contributed by atoms with Crippen molar-refractivity contribution in [3.05, 3.63) is 0 Å². The van der Waals surface area contributed by atoms with Gasteiger partial charge in [0.05, 0.1) is 5.75 Å². The Morgan fingerprint density at radius 1 is 1.56 bits per heavy atom. The maximum absolute atomic E-state index is 10.5. The van der Waals surface area contributed by atoms with Gasteiger partial charge in [-0.3, -0.25) is 4.79 Å². The van der Waals surface area contributed by atoms with Crippen molar-refractivity contribution in [3.8, 4) is 0 Å². The summed E-state index contributed by atoms with van der Waals surface area (Å²) in [6.07, 6.45) is 0. The molecule has 0 aromatic carbocycles. The Balaban J connectivity index is 1.98. The van der Waals surface area contributed by atoms with Crippen LogP contribution in [-0.2, 0) is 4.79 Å². The van der Waals surface area contributed by atoms with Crippen LogP contribution < -0.4 is 4.90 Å². The first-order chi connectivity index (χ1) is 8.56. The quantitative estimate of drug-likeness (QED) is 0.824. The third-order valence-corrected chi connectivity index (χ3v) is 4.87. The first-order valence-electron chi connectivity index (χ1n) is 5.69. The summed E-state index contributed by atoms with van der Waals surface area (Å²) in [7, 11) is 2.11. The predicted molar refractivity (Wildman–Crippen MR) is 72.6 cm³/mol. The van der Waals surface area contributed by atoms with Gasteiger partial charge in [-0.15, -0.1) is 10.2 Å². The molecule has 1 fully saturated rings. The fourth-order valence-electron chi connectivity index (χ4n) is 1.92. The number of anilines is 1. The van der Waals surface area contributed by atoms with Gasteiger partial charge in [-0.05, 0) is 14.0 Å². The molecule has 0 aliphatic carbocycles. The predicted octanol–water partition coefficient (Wildman–Crippen LogP) is 0.855. The Kier molecular flexibility index (Phi) is 4.41. The Bertz CT molecular complexity index is 426. The van der Waals surface area contributed by atoms with E-state index in [2.05, 4.69) is 34.0 Å². The van der Waals surface area contributed by atoms with Crippen molar-refractivity contribution >= 4 is 34.2 Å². The van der Waals surface area contributed by atoms with Crippen LogP contribution in [0.5, 0.6) is 0 Å². The van der Waals surface area contributed by atoms with Crippen LogP contribution in [0, 0.1) is 0 Å². The van der Waals surface area contributed by atoms with E-state index in [1.165, 1.54) is 23.1 Å². The van der Waals surface area contributed by atoms with Crippen LogP contribution in [0.2, 0.25) is 0 Å². The van der Waals surface area contributed by atoms with Gasteiger partial charge in [-0.2, -0.15) is 0 Å². The number of likely N-dealkylation sites (N-methyl/N-ethyl adjacent to an activating group) is 1. The van der Waals surface area contributed by atoms with E-state index >= 15 is 0 Å². The summed E-state index contributed by atoms with van der Waals surface area (Å²) in [6.45, 7) is 5.13. The average Bonchev–Trinajstić information content (AvgIpc) is 2.75. The molecule has 0 spiro atoms. The molecule has 1 N–H and O–H groups in total. The summed E-state index contributed by atoms with van der Waals surface area (Å²) in [5.41, 5.74) is 0. The van der Waals surface area contributed by atoms with E-state index in [9.17, 15) is 4.79 Å². The normalized spacial score (nSPS) is 21.2. The molecule has 0 amide bonds. The van der Waals surface area contributed by atoms with Gasteiger partial charge in [0.1, 0.15) is 0 Å². The van der Waals surface area contributed by atoms with E-state index < -0.39 is 5.97 Å². The van der Waals surface area contributed by atoms with Crippen LogP contribution >= 0.6 is 23.1 Å². The molecule has 0 radical (unpaired) electrons. The third-order valence-electron chi connectivity index (χ3n) is 2.79. The smallest absolute Gasteiger partial charge is 0.313 e. The van der Waals surface area contributed by atoms with Gasteiger partial charge < -0.3 is 14.9 Å². The highest BCUT2D eigenvalue weighted by molar-refractivity contribution is 8.01. The van der Waals surface area contributed by atoms with E-state index in [1.807, 2.05) is 0 Å². The van der Waals surface area contributed by atoms with Crippen LogP contribution in [0.25, 0.3) is 0 Å². The molecule has 2 rings (SSSR count). The van der Waals surface area contributed by atoms with Gasteiger partial charge in [0.25, 0.3) is 0 Å². The maximum Gasteiger partial charge on any atom is 0.313 e. The highest BCUT2D eigenvalue weighted by Crippen LogP contribution is 2.29. The monoisotopic (exact) mass is 288 g/mol. The minimum absolute atomic E-state index is 0.0346. The number of rotatable bonds is 4. The van der Waals surface area contributed by atoms with Gasteiger partial charge in [0.15, 0.2) is 4.34 Å². The standard InChI is InChI=1S/C10H16N4O2S2/c1-7-5-13(2)3-4-14(7)9-11-12-10(18-9)17-6-8(15)16/h7H,3-6H2,1-2H3,(H,15,16). The molecule has 6 nitrogen and oxygen atoms in total. The second-order valence-corrected chi connectivity index (χ2v) is 6.52. The van der Waals surface area contributed by atoms with Crippen molar-refractivity contribution in [2.45, 2.75) is 17.3 Å². The second-order valence-electron chi connectivity index (χ2n) is 4.34. The highest BCUT2D eigenvalue weighted by atomic mass is 32.2. The molecule has 0 saturated carbocycles. The number of aromatic nitrogens is 2. The van der Waals surface area contributed by atoms with Crippen molar-refractivity contribution < 1.29 is 9.90 Å². The van der Waals surface area contributed by atoms with E-state index in [0.29, 0.717) is 6.04 Å². The molecule has 1 aliphatic rings. The lowest BCUT2D eigenvalue weighted by Gasteiger charge is -2.37. The van der Waals surface area contributed by atoms with Gasteiger partial charge in [0, 0.05) is 25.7 Å². The molecule has 100 valence electrons. The van der Waals surface area contributed by atoms with E-state index in [0.717, 1.165) is 29.1 Å². The SMILES string of the molecule is CC1CN(C)CCN1c1nnc(SCC(=O)O)s1. The number of hydrogen-bond donors (Lipinski definition) is 1. The van der Waals surface area contributed by atoms with Crippen LogP contribution in [0.1, 0.15) is 6.92 Å². The number of thioether (sulfide) groups is 1. The second kappa shape index (κ2) is 5.85. The molecule has 1 unspecified atom stereocenters. The number of piperazine rings is 1. The third kappa shape index (κ3) is 3.33. The molecular weight excluding hydrogens is 272 g/mol. The zero-order valence-electron chi connectivity index (χ0n) is 10.4. The van der Waals surface area contributed by atoms with Gasteiger partial charge in [-0.1, -0.05) is 23.1 Å². The topological polar surface area (TPSA) is 69.6 Å². The van der Waals surface area contributed by atoms with Gasteiger partial charge >= 0.3 is 5.97 Å². The summed E-state index contributed by atoms with van der Waals surface area (Å²) >= 11 is 2.69. The van der Waals surface area contributed by atoms with Crippen LogP contribution in [0.4, 0.5) is 5.13 Å². The Labute approximate surface area is 114 Å². The number of nitrogens with zero attached hydrogens (tertiary/aromatic N) is 4. The van der Waals surface area contributed by atoms with Crippen molar-refractivity contribution in [2.24, 2.45) is 0 Å². The molecule has 18 heavy (non-hydrogen) atoms. The molecule has 1 aromatic heterocycles. The van der Waals surface area contributed by atoms with Crippen LogP contribution in [-0.4, -0.2) is 64.6 Å². The number of hydrogen-bond acceptors (Lipinski definition) is 7. The average molecular weight is 288 g/mol. The summed E-state index contributed by atoms with van der Waals surface area (Å²) in [5.74, 6) is -0.794. The largest absolute Gasteiger partial charge is 0.481 e. The van der Waals surface area contributed by atoms with E-state index in [-0.39, 0.29) is 5.75 Å². The number of aliphatic carboxylic acids is 1. The fraction of sp³-hybridized carbons (Fsp3) is 0.700. The van der Waals surface area contributed by atoms with E-state index in [4.69, 9.17) is 5.11 Å². The molecule has 1 aliphatic heterocycles.